The summed E-state index contributed by atoms with van der Waals surface area (Å²) < 4.78 is 11.2. The Kier molecular flexibility index (Phi) is 7.12. The number of rotatable bonds is 9. The van der Waals surface area contributed by atoms with E-state index in [9.17, 15) is 4.79 Å². The molecule has 0 aliphatic carbocycles. The highest BCUT2D eigenvalue weighted by Crippen LogP contribution is 2.16. The number of ether oxygens (including phenoxy) is 1. The molecule has 6 nitrogen and oxygen atoms in total. The van der Waals surface area contributed by atoms with Crippen LogP contribution in [0.1, 0.15) is 45.9 Å². The molecule has 162 valence electrons. The van der Waals surface area contributed by atoms with Gasteiger partial charge in [-0.1, -0.05) is 60.2 Å². The molecule has 1 aromatic heterocycles. The number of nitrogens with zero attached hydrogens (tertiary/aromatic N) is 2. The largest absolute Gasteiger partial charge is 0.447 e. The van der Waals surface area contributed by atoms with E-state index in [-0.39, 0.29) is 12.0 Å². The molecule has 6 heteroatoms. The summed E-state index contributed by atoms with van der Waals surface area (Å²) in [6.07, 6.45) is 3.57. The van der Waals surface area contributed by atoms with Crippen LogP contribution < -0.4 is 5.32 Å². The van der Waals surface area contributed by atoms with E-state index >= 15 is 0 Å². The van der Waals surface area contributed by atoms with Crippen molar-refractivity contribution in [1.82, 2.24) is 15.2 Å². The molecule has 1 aliphatic rings. The van der Waals surface area contributed by atoms with Crippen LogP contribution in [0.2, 0.25) is 0 Å². The lowest BCUT2D eigenvalue weighted by Crippen LogP contribution is -2.32. The first kappa shape index (κ1) is 21.3. The van der Waals surface area contributed by atoms with Crippen molar-refractivity contribution in [2.24, 2.45) is 0 Å². The predicted octanol–water partition coefficient (Wildman–Crippen LogP) is 4.09. The molecule has 2 aromatic carbocycles. The van der Waals surface area contributed by atoms with E-state index in [4.69, 9.17) is 9.15 Å². The number of aryl methyl sites for hydroxylation is 1. The molecule has 1 unspecified atom stereocenters. The SMILES string of the molecule is Cc1cccc(CN(Cc2ccccc2)Cc2nc(C(=O)NCC3CCCO3)co2)c1. The van der Waals surface area contributed by atoms with Gasteiger partial charge in [-0.15, -0.1) is 0 Å². The zero-order valence-corrected chi connectivity index (χ0v) is 17.9. The monoisotopic (exact) mass is 419 g/mol. The van der Waals surface area contributed by atoms with Gasteiger partial charge in [-0.25, -0.2) is 4.98 Å². The first-order valence-electron chi connectivity index (χ1n) is 10.8. The first-order valence-corrected chi connectivity index (χ1v) is 10.8. The number of hydrogen-bond donors (Lipinski definition) is 1. The number of carbonyl (C=O) groups excluding carboxylic acids is 1. The number of amides is 1. The Labute approximate surface area is 183 Å². The van der Waals surface area contributed by atoms with Crippen LogP contribution in [0.5, 0.6) is 0 Å². The molecule has 1 amide bonds. The fraction of sp³-hybridized carbons (Fsp3) is 0.360. The number of aromatic nitrogens is 1. The van der Waals surface area contributed by atoms with Gasteiger partial charge in [0.05, 0.1) is 12.6 Å². The molecule has 1 N–H and O–H groups in total. The lowest BCUT2D eigenvalue weighted by Gasteiger charge is -2.21. The van der Waals surface area contributed by atoms with Crippen molar-refractivity contribution in [2.45, 2.75) is 45.5 Å². The second-order valence-corrected chi connectivity index (χ2v) is 8.09. The molecule has 1 fully saturated rings. The normalized spacial score (nSPS) is 16.0. The van der Waals surface area contributed by atoms with Crippen LogP contribution in [-0.4, -0.2) is 35.0 Å². The molecule has 1 aliphatic heterocycles. The second-order valence-electron chi connectivity index (χ2n) is 8.09. The van der Waals surface area contributed by atoms with Crippen LogP contribution in [0.15, 0.2) is 65.3 Å². The third-order valence-electron chi connectivity index (χ3n) is 5.40. The summed E-state index contributed by atoms with van der Waals surface area (Å²) in [7, 11) is 0. The smallest absolute Gasteiger partial charge is 0.273 e. The number of oxazole rings is 1. The fourth-order valence-electron chi connectivity index (χ4n) is 3.86. The number of benzene rings is 2. The van der Waals surface area contributed by atoms with Crippen molar-refractivity contribution < 1.29 is 13.9 Å². The third kappa shape index (κ3) is 6.26. The maximum absolute atomic E-state index is 12.4. The molecule has 1 saturated heterocycles. The van der Waals surface area contributed by atoms with Gasteiger partial charge in [0.15, 0.2) is 5.69 Å². The van der Waals surface area contributed by atoms with E-state index in [1.165, 1.54) is 23.0 Å². The van der Waals surface area contributed by atoms with Crippen molar-refractivity contribution in [3.8, 4) is 0 Å². The Morgan fingerprint density at radius 2 is 1.90 bits per heavy atom. The van der Waals surface area contributed by atoms with Gasteiger partial charge in [0, 0.05) is 26.2 Å². The summed E-state index contributed by atoms with van der Waals surface area (Å²) in [6.45, 7) is 5.42. The van der Waals surface area contributed by atoms with Gasteiger partial charge in [0.25, 0.3) is 5.91 Å². The van der Waals surface area contributed by atoms with Crippen molar-refractivity contribution in [3.05, 3.63) is 89.1 Å². The summed E-state index contributed by atoms with van der Waals surface area (Å²) in [6, 6.07) is 18.8. The van der Waals surface area contributed by atoms with E-state index in [1.807, 2.05) is 18.2 Å². The summed E-state index contributed by atoms with van der Waals surface area (Å²) in [5, 5.41) is 2.89. The average Bonchev–Trinajstić information content (AvgIpc) is 3.45. The summed E-state index contributed by atoms with van der Waals surface area (Å²) in [5.41, 5.74) is 4.00. The van der Waals surface area contributed by atoms with E-state index in [0.717, 1.165) is 32.5 Å². The van der Waals surface area contributed by atoms with Gasteiger partial charge in [0.2, 0.25) is 5.89 Å². The Morgan fingerprint density at radius 1 is 1.10 bits per heavy atom. The molecular weight excluding hydrogens is 390 g/mol. The van der Waals surface area contributed by atoms with Gasteiger partial charge in [-0.05, 0) is 30.9 Å². The van der Waals surface area contributed by atoms with Crippen LogP contribution in [0.4, 0.5) is 0 Å². The molecular formula is C25H29N3O3. The molecule has 31 heavy (non-hydrogen) atoms. The van der Waals surface area contributed by atoms with Crippen LogP contribution in [0.25, 0.3) is 0 Å². The third-order valence-corrected chi connectivity index (χ3v) is 5.40. The van der Waals surface area contributed by atoms with Crippen LogP contribution in [0.3, 0.4) is 0 Å². The topological polar surface area (TPSA) is 67.6 Å². The first-order chi connectivity index (χ1) is 15.2. The van der Waals surface area contributed by atoms with Gasteiger partial charge < -0.3 is 14.5 Å². The van der Waals surface area contributed by atoms with Crippen molar-refractivity contribution in [3.63, 3.8) is 0 Å². The van der Waals surface area contributed by atoms with Gasteiger partial charge in [-0.2, -0.15) is 0 Å². The van der Waals surface area contributed by atoms with Crippen LogP contribution in [0, 0.1) is 6.92 Å². The van der Waals surface area contributed by atoms with E-state index < -0.39 is 0 Å². The quantitative estimate of drug-likeness (QED) is 0.566. The minimum Gasteiger partial charge on any atom is -0.447 e. The summed E-state index contributed by atoms with van der Waals surface area (Å²) in [4.78, 5) is 19.1. The number of carbonyl (C=O) groups is 1. The Bertz CT molecular complexity index is 980. The van der Waals surface area contributed by atoms with Gasteiger partial charge >= 0.3 is 0 Å². The lowest BCUT2D eigenvalue weighted by molar-refractivity contribution is 0.0853. The Balaban J connectivity index is 1.41. The van der Waals surface area contributed by atoms with Crippen LogP contribution >= 0.6 is 0 Å². The number of nitrogens with one attached hydrogen (secondary N) is 1. The van der Waals surface area contributed by atoms with Crippen LogP contribution in [-0.2, 0) is 24.4 Å². The zero-order chi connectivity index (χ0) is 21.5. The highest BCUT2D eigenvalue weighted by molar-refractivity contribution is 5.91. The summed E-state index contributed by atoms with van der Waals surface area (Å²) >= 11 is 0. The molecule has 4 rings (SSSR count). The van der Waals surface area contributed by atoms with Crippen molar-refractivity contribution in [2.75, 3.05) is 13.2 Å². The van der Waals surface area contributed by atoms with Crippen molar-refractivity contribution >= 4 is 5.91 Å². The Morgan fingerprint density at radius 3 is 2.68 bits per heavy atom. The molecule has 0 radical (unpaired) electrons. The average molecular weight is 420 g/mol. The zero-order valence-electron chi connectivity index (χ0n) is 17.9. The van der Waals surface area contributed by atoms with Crippen molar-refractivity contribution in [1.29, 1.82) is 0 Å². The van der Waals surface area contributed by atoms with E-state index in [0.29, 0.717) is 24.7 Å². The molecule has 0 spiro atoms. The molecule has 0 bridgehead atoms. The molecule has 0 saturated carbocycles. The minimum atomic E-state index is -0.223. The minimum absolute atomic E-state index is 0.103. The molecule has 1 atom stereocenters. The second kappa shape index (κ2) is 10.4. The molecule has 2 heterocycles. The fourth-order valence-corrected chi connectivity index (χ4v) is 3.86. The predicted molar refractivity (Wildman–Crippen MR) is 118 cm³/mol. The highest BCUT2D eigenvalue weighted by Gasteiger charge is 2.19. The standard InChI is InChI=1S/C25H29N3O3/c1-19-7-5-10-21(13-19)16-28(15-20-8-3-2-4-9-20)17-24-27-23(18-31-24)25(29)26-14-22-11-6-12-30-22/h2-5,7-10,13,18,22H,6,11-12,14-17H2,1H3,(H,26,29). The maximum atomic E-state index is 12.4. The maximum Gasteiger partial charge on any atom is 0.273 e. The van der Waals surface area contributed by atoms with E-state index in [1.54, 1.807) is 0 Å². The number of hydrogen-bond acceptors (Lipinski definition) is 5. The highest BCUT2D eigenvalue weighted by atomic mass is 16.5. The molecule has 3 aromatic rings. The lowest BCUT2D eigenvalue weighted by atomic mass is 10.1. The Hall–Kier alpha value is -2.96. The van der Waals surface area contributed by atoms with E-state index in [2.05, 4.69) is 58.5 Å². The summed E-state index contributed by atoms with van der Waals surface area (Å²) in [5.74, 6) is 0.310. The van der Waals surface area contributed by atoms with Gasteiger partial charge in [-0.3, -0.25) is 9.69 Å². The van der Waals surface area contributed by atoms with Gasteiger partial charge in [0.1, 0.15) is 6.26 Å².